The summed E-state index contributed by atoms with van der Waals surface area (Å²) in [6.45, 7) is 6.52. The molecule has 0 unspecified atom stereocenters. The van der Waals surface area contributed by atoms with Crippen molar-refractivity contribution in [2.24, 2.45) is 0 Å². The van der Waals surface area contributed by atoms with E-state index in [-0.39, 0.29) is 17.6 Å². The average Bonchev–Trinajstić information content (AvgIpc) is 3.20. The maximum Gasteiger partial charge on any atom is 0.253 e. The number of hydrogen-bond donors (Lipinski definition) is 2. The molecule has 2 N–H and O–H groups in total. The van der Waals surface area contributed by atoms with Crippen LogP contribution in [-0.4, -0.2) is 32.3 Å². The Morgan fingerprint density at radius 3 is 2.59 bits per heavy atom. The van der Waals surface area contributed by atoms with Crippen LogP contribution >= 0.6 is 23.4 Å². The molecule has 0 radical (unpaired) electrons. The second-order valence-electron chi connectivity index (χ2n) is 6.97. The number of carbonyl (C=O) groups excluding carboxylic acids is 2. The third-order valence-corrected chi connectivity index (χ3v) is 5.87. The highest BCUT2D eigenvalue weighted by molar-refractivity contribution is 7.99. The normalized spacial score (nSPS) is 11.6. The number of aromatic nitrogens is 3. The highest BCUT2D eigenvalue weighted by atomic mass is 35.5. The Hall–Kier alpha value is -3.10. The first-order chi connectivity index (χ1) is 15.5. The van der Waals surface area contributed by atoms with E-state index in [1.165, 1.54) is 11.8 Å². The molecule has 166 valence electrons. The van der Waals surface area contributed by atoms with Crippen LogP contribution in [0.4, 0.5) is 0 Å². The lowest BCUT2D eigenvalue weighted by Crippen LogP contribution is -2.29. The number of allylic oxidation sites excluding steroid dienone is 1. The number of thioether (sulfide) groups is 1. The zero-order chi connectivity index (χ0) is 22.9. The van der Waals surface area contributed by atoms with Gasteiger partial charge in [0, 0.05) is 13.1 Å². The van der Waals surface area contributed by atoms with Gasteiger partial charge >= 0.3 is 0 Å². The quantitative estimate of drug-likeness (QED) is 0.346. The second-order valence-corrected chi connectivity index (χ2v) is 8.32. The van der Waals surface area contributed by atoms with Gasteiger partial charge < -0.3 is 15.2 Å². The molecule has 0 saturated heterocycles. The fourth-order valence-electron chi connectivity index (χ4n) is 2.99. The van der Waals surface area contributed by atoms with Gasteiger partial charge in [0.1, 0.15) is 0 Å². The van der Waals surface area contributed by atoms with E-state index in [4.69, 9.17) is 11.6 Å². The summed E-state index contributed by atoms with van der Waals surface area (Å²) in [5.41, 5.74) is 1.42. The summed E-state index contributed by atoms with van der Waals surface area (Å²) in [7, 11) is 0. The standard InChI is InChI=1S/C23H24ClN5O2S/c1-3-13-29-21(16(2)26-22(31)18-11-7-8-12-19(18)24)27-28-23(29)32-15-20(30)25-14-17-9-5-4-6-10-17/h3-12,16H,1,13-15H2,2H3,(H,25,30)(H,26,31)/t16-/m0/s1. The van der Waals surface area contributed by atoms with Crippen molar-refractivity contribution in [1.29, 1.82) is 0 Å². The molecule has 0 spiro atoms. The first kappa shape index (κ1) is 23.6. The van der Waals surface area contributed by atoms with Crippen LogP contribution in [0.3, 0.4) is 0 Å². The number of benzene rings is 2. The molecule has 0 saturated carbocycles. The highest BCUT2D eigenvalue weighted by Gasteiger charge is 2.21. The van der Waals surface area contributed by atoms with Gasteiger partial charge in [-0.1, -0.05) is 71.9 Å². The lowest BCUT2D eigenvalue weighted by atomic mass is 10.2. The Morgan fingerprint density at radius 2 is 1.88 bits per heavy atom. The molecule has 0 fully saturated rings. The van der Waals surface area contributed by atoms with Gasteiger partial charge in [-0.2, -0.15) is 0 Å². The summed E-state index contributed by atoms with van der Waals surface area (Å²) >= 11 is 7.40. The predicted octanol–water partition coefficient (Wildman–Crippen LogP) is 4.02. The van der Waals surface area contributed by atoms with Gasteiger partial charge in [-0.25, -0.2) is 0 Å². The number of nitrogens with one attached hydrogen (secondary N) is 2. The minimum Gasteiger partial charge on any atom is -0.351 e. The molecule has 7 nitrogen and oxygen atoms in total. The van der Waals surface area contributed by atoms with Crippen molar-refractivity contribution in [3.63, 3.8) is 0 Å². The summed E-state index contributed by atoms with van der Waals surface area (Å²) in [6.07, 6.45) is 1.72. The van der Waals surface area contributed by atoms with E-state index in [1.807, 2.05) is 41.8 Å². The van der Waals surface area contributed by atoms with E-state index < -0.39 is 6.04 Å². The van der Waals surface area contributed by atoms with Crippen LogP contribution in [0, 0.1) is 0 Å². The number of amides is 2. The molecule has 3 rings (SSSR count). The largest absolute Gasteiger partial charge is 0.351 e. The van der Waals surface area contributed by atoms with Crippen LogP contribution in [0.5, 0.6) is 0 Å². The van der Waals surface area contributed by atoms with Crippen molar-refractivity contribution in [3.05, 3.63) is 89.2 Å². The molecule has 0 aliphatic carbocycles. The Kier molecular flexibility index (Phi) is 8.47. The second kappa shape index (κ2) is 11.5. The Morgan fingerprint density at radius 1 is 1.16 bits per heavy atom. The molecule has 32 heavy (non-hydrogen) atoms. The smallest absolute Gasteiger partial charge is 0.253 e. The van der Waals surface area contributed by atoms with Gasteiger partial charge in [-0.15, -0.1) is 16.8 Å². The lowest BCUT2D eigenvalue weighted by molar-refractivity contribution is -0.118. The average molecular weight is 470 g/mol. The third kappa shape index (κ3) is 6.21. The fraction of sp³-hybridized carbons (Fsp3) is 0.217. The van der Waals surface area contributed by atoms with Crippen molar-refractivity contribution in [2.75, 3.05) is 5.75 Å². The summed E-state index contributed by atoms with van der Waals surface area (Å²) in [5, 5.41) is 15.2. The zero-order valence-corrected chi connectivity index (χ0v) is 19.2. The van der Waals surface area contributed by atoms with E-state index in [2.05, 4.69) is 27.4 Å². The summed E-state index contributed by atoms with van der Waals surface area (Å²) in [5.74, 6) is 0.361. The van der Waals surface area contributed by atoms with Gasteiger partial charge in [-0.3, -0.25) is 9.59 Å². The van der Waals surface area contributed by atoms with Crippen molar-refractivity contribution < 1.29 is 9.59 Å². The molecule has 1 aromatic heterocycles. The molecule has 3 aromatic rings. The molecule has 9 heteroatoms. The molecule has 2 amide bonds. The molecular weight excluding hydrogens is 446 g/mol. The first-order valence-corrected chi connectivity index (χ1v) is 11.4. The van der Waals surface area contributed by atoms with Crippen molar-refractivity contribution in [3.8, 4) is 0 Å². The Balaban J connectivity index is 1.62. The summed E-state index contributed by atoms with van der Waals surface area (Å²) < 4.78 is 1.83. The molecule has 0 aliphatic rings. The van der Waals surface area contributed by atoms with Crippen molar-refractivity contribution in [1.82, 2.24) is 25.4 Å². The van der Waals surface area contributed by atoms with Crippen molar-refractivity contribution in [2.45, 2.75) is 31.2 Å². The summed E-state index contributed by atoms with van der Waals surface area (Å²) in [4.78, 5) is 24.9. The van der Waals surface area contributed by atoms with E-state index in [0.717, 1.165) is 5.56 Å². The molecule has 1 heterocycles. The minimum absolute atomic E-state index is 0.103. The topological polar surface area (TPSA) is 88.9 Å². The number of nitrogens with zero attached hydrogens (tertiary/aromatic N) is 3. The maximum atomic E-state index is 12.6. The lowest BCUT2D eigenvalue weighted by Gasteiger charge is -2.15. The first-order valence-electron chi connectivity index (χ1n) is 10.0. The van der Waals surface area contributed by atoms with E-state index in [0.29, 0.717) is 34.7 Å². The molecular formula is C23H24ClN5O2S. The van der Waals surface area contributed by atoms with Crippen LogP contribution in [0.2, 0.25) is 5.02 Å². The minimum atomic E-state index is -0.424. The number of halogens is 1. The summed E-state index contributed by atoms with van der Waals surface area (Å²) in [6, 6.07) is 16.1. The fourth-order valence-corrected chi connectivity index (χ4v) is 4.00. The molecule has 2 aromatic carbocycles. The van der Waals surface area contributed by atoms with Crippen LogP contribution in [-0.2, 0) is 17.9 Å². The SMILES string of the molecule is C=CCn1c(SCC(=O)NCc2ccccc2)nnc1[C@H](C)NC(=O)c1ccccc1Cl. The highest BCUT2D eigenvalue weighted by Crippen LogP contribution is 2.22. The number of carbonyl (C=O) groups is 2. The van der Waals surface area contributed by atoms with Gasteiger partial charge in [0.05, 0.1) is 22.4 Å². The van der Waals surface area contributed by atoms with Gasteiger partial charge in [0.25, 0.3) is 5.91 Å². The number of rotatable bonds is 10. The molecule has 0 aliphatic heterocycles. The Bertz CT molecular complexity index is 1090. The third-order valence-electron chi connectivity index (χ3n) is 4.58. The van der Waals surface area contributed by atoms with Crippen LogP contribution < -0.4 is 10.6 Å². The van der Waals surface area contributed by atoms with E-state index in [9.17, 15) is 9.59 Å². The van der Waals surface area contributed by atoms with Gasteiger partial charge in [-0.05, 0) is 24.6 Å². The van der Waals surface area contributed by atoms with Crippen molar-refractivity contribution >= 4 is 35.2 Å². The predicted molar refractivity (Wildman–Crippen MR) is 127 cm³/mol. The van der Waals surface area contributed by atoms with Crippen LogP contribution in [0.15, 0.2) is 72.4 Å². The maximum absolute atomic E-state index is 12.6. The molecule has 0 bridgehead atoms. The molecule has 1 atom stereocenters. The Labute approximate surface area is 196 Å². The van der Waals surface area contributed by atoms with E-state index >= 15 is 0 Å². The van der Waals surface area contributed by atoms with Gasteiger partial charge in [0.2, 0.25) is 5.91 Å². The van der Waals surface area contributed by atoms with Gasteiger partial charge in [0.15, 0.2) is 11.0 Å². The number of hydrogen-bond acceptors (Lipinski definition) is 5. The zero-order valence-electron chi connectivity index (χ0n) is 17.6. The monoisotopic (exact) mass is 469 g/mol. The van der Waals surface area contributed by atoms with Crippen LogP contribution in [0.1, 0.15) is 34.7 Å². The van der Waals surface area contributed by atoms with Crippen LogP contribution in [0.25, 0.3) is 0 Å². The van der Waals surface area contributed by atoms with E-state index in [1.54, 1.807) is 30.3 Å².